The van der Waals surface area contributed by atoms with E-state index < -0.39 is 5.92 Å². The molecule has 1 heterocycles. The Hall–Kier alpha value is -1.22. The topological polar surface area (TPSA) is 3.24 Å². The van der Waals surface area contributed by atoms with Crippen LogP contribution in [0.25, 0.3) is 6.08 Å². The molecule has 2 rings (SSSR count). The predicted octanol–water partition coefficient (Wildman–Crippen LogP) is 3.43. The van der Waals surface area contributed by atoms with Crippen LogP contribution in [0.4, 0.5) is 8.78 Å². The molecule has 0 saturated carbocycles. The van der Waals surface area contributed by atoms with Gasteiger partial charge in [-0.25, -0.2) is 8.78 Å². The molecular formula is C14H17F2N. The summed E-state index contributed by atoms with van der Waals surface area (Å²) in [7, 11) is 0. The molecule has 3 heteroatoms. The van der Waals surface area contributed by atoms with Crippen LogP contribution in [0.15, 0.2) is 35.9 Å². The molecule has 1 aliphatic heterocycles. The summed E-state index contributed by atoms with van der Waals surface area (Å²) in [5.41, 5.74) is 2.24. The molecule has 0 aliphatic carbocycles. The maximum absolute atomic E-state index is 13.0. The molecule has 1 aromatic carbocycles. The van der Waals surface area contributed by atoms with Crippen LogP contribution in [0.1, 0.15) is 18.9 Å². The van der Waals surface area contributed by atoms with Gasteiger partial charge in [0.1, 0.15) is 0 Å². The zero-order chi connectivity index (χ0) is 12.3. The lowest BCUT2D eigenvalue weighted by molar-refractivity contribution is 0.0131. The molecule has 0 spiro atoms. The van der Waals surface area contributed by atoms with Gasteiger partial charge in [0.25, 0.3) is 5.92 Å². The Balaban J connectivity index is 1.94. The molecule has 1 aromatic rings. The molecule has 0 bridgehead atoms. The maximum Gasteiger partial charge on any atom is 0.261 e. The summed E-state index contributed by atoms with van der Waals surface area (Å²) in [6, 6.07) is 9.95. The van der Waals surface area contributed by atoms with Crippen molar-refractivity contribution in [2.45, 2.75) is 19.3 Å². The van der Waals surface area contributed by atoms with Gasteiger partial charge in [-0.15, -0.1) is 0 Å². The van der Waals surface area contributed by atoms with Gasteiger partial charge in [0.15, 0.2) is 0 Å². The van der Waals surface area contributed by atoms with Crippen LogP contribution in [0.5, 0.6) is 0 Å². The molecule has 0 atom stereocenters. The fourth-order valence-corrected chi connectivity index (χ4v) is 2.17. The third-order valence-electron chi connectivity index (χ3n) is 2.93. The highest BCUT2D eigenvalue weighted by atomic mass is 19.3. The quantitative estimate of drug-likeness (QED) is 0.778. The largest absolute Gasteiger partial charge is 0.293 e. The van der Waals surface area contributed by atoms with Crippen molar-refractivity contribution < 1.29 is 8.78 Å². The van der Waals surface area contributed by atoms with Crippen molar-refractivity contribution in [1.29, 1.82) is 0 Å². The van der Waals surface area contributed by atoms with Gasteiger partial charge < -0.3 is 0 Å². The number of hydrogen-bond acceptors (Lipinski definition) is 1. The van der Waals surface area contributed by atoms with Gasteiger partial charge in [0.05, 0.1) is 6.54 Å². The van der Waals surface area contributed by atoms with E-state index in [4.69, 9.17) is 0 Å². The van der Waals surface area contributed by atoms with Crippen LogP contribution in [-0.2, 0) is 0 Å². The number of alkyl halides is 2. The molecule has 0 N–H and O–H groups in total. The molecule has 17 heavy (non-hydrogen) atoms. The fraction of sp³-hybridized carbons (Fsp3) is 0.429. The van der Waals surface area contributed by atoms with E-state index in [1.165, 1.54) is 0 Å². The zero-order valence-electron chi connectivity index (χ0n) is 10.00. The maximum atomic E-state index is 13.0. The first-order valence-corrected chi connectivity index (χ1v) is 5.88. The van der Waals surface area contributed by atoms with E-state index in [2.05, 4.69) is 6.08 Å². The predicted molar refractivity (Wildman–Crippen MR) is 66.1 cm³/mol. The minimum absolute atomic E-state index is 0.00832. The van der Waals surface area contributed by atoms with E-state index in [1.54, 1.807) is 0 Å². The first-order chi connectivity index (χ1) is 8.05. The number of halogens is 2. The molecule has 0 radical (unpaired) electrons. The summed E-state index contributed by atoms with van der Waals surface area (Å²) < 4.78 is 26.0. The van der Waals surface area contributed by atoms with Crippen LogP contribution in [0.2, 0.25) is 0 Å². The minimum atomic E-state index is -2.49. The fourth-order valence-electron chi connectivity index (χ4n) is 2.17. The lowest BCUT2D eigenvalue weighted by Gasteiger charge is -2.15. The Morgan fingerprint density at radius 2 is 2.06 bits per heavy atom. The highest BCUT2D eigenvalue weighted by Gasteiger charge is 2.37. The number of rotatable bonds is 3. The standard InChI is InChI=1S/C14H17F2N/c1-12(9-13-5-3-2-4-6-13)10-17-8-7-14(15,16)11-17/h2-6,9H,7-8,10-11H2,1H3/b12-9+. The smallest absolute Gasteiger partial charge is 0.261 e. The van der Waals surface area contributed by atoms with E-state index in [-0.39, 0.29) is 13.0 Å². The van der Waals surface area contributed by atoms with Crippen molar-refractivity contribution in [1.82, 2.24) is 4.90 Å². The van der Waals surface area contributed by atoms with Gasteiger partial charge in [-0.3, -0.25) is 4.90 Å². The molecular weight excluding hydrogens is 220 g/mol. The Kier molecular flexibility index (Phi) is 3.57. The first-order valence-electron chi connectivity index (χ1n) is 5.88. The molecule has 0 unspecified atom stereocenters. The third-order valence-corrected chi connectivity index (χ3v) is 2.93. The molecule has 1 aliphatic rings. The lowest BCUT2D eigenvalue weighted by Crippen LogP contribution is -2.26. The van der Waals surface area contributed by atoms with Crippen molar-refractivity contribution >= 4 is 6.08 Å². The van der Waals surface area contributed by atoms with Gasteiger partial charge in [0.2, 0.25) is 0 Å². The van der Waals surface area contributed by atoms with E-state index in [1.807, 2.05) is 42.2 Å². The second-order valence-electron chi connectivity index (χ2n) is 4.72. The van der Waals surface area contributed by atoms with Crippen LogP contribution in [0.3, 0.4) is 0 Å². The normalized spacial score (nSPS) is 20.8. The summed E-state index contributed by atoms with van der Waals surface area (Å²) in [5, 5.41) is 0. The highest BCUT2D eigenvalue weighted by molar-refractivity contribution is 5.52. The van der Waals surface area contributed by atoms with Crippen molar-refractivity contribution in [3.8, 4) is 0 Å². The average Bonchev–Trinajstić information content (AvgIpc) is 2.59. The van der Waals surface area contributed by atoms with Gasteiger partial charge in [-0.2, -0.15) is 0 Å². The average molecular weight is 237 g/mol. The summed E-state index contributed by atoms with van der Waals surface area (Å²) >= 11 is 0. The second-order valence-corrected chi connectivity index (χ2v) is 4.72. The Labute approximate surface area is 101 Å². The van der Waals surface area contributed by atoms with Crippen molar-refractivity contribution in [3.63, 3.8) is 0 Å². The van der Waals surface area contributed by atoms with Gasteiger partial charge in [-0.05, 0) is 12.5 Å². The number of likely N-dealkylation sites (tertiary alicyclic amines) is 1. The third kappa shape index (κ3) is 3.63. The van der Waals surface area contributed by atoms with Crippen molar-refractivity contribution in [2.75, 3.05) is 19.6 Å². The molecule has 1 nitrogen and oxygen atoms in total. The van der Waals surface area contributed by atoms with E-state index in [0.717, 1.165) is 11.1 Å². The minimum Gasteiger partial charge on any atom is -0.293 e. The summed E-state index contributed by atoms with van der Waals surface area (Å²) in [5.74, 6) is -2.49. The lowest BCUT2D eigenvalue weighted by atomic mass is 10.1. The number of hydrogen-bond donors (Lipinski definition) is 0. The Bertz CT molecular complexity index is 398. The van der Waals surface area contributed by atoms with E-state index in [0.29, 0.717) is 13.1 Å². The van der Waals surface area contributed by atoms with Crippen LogP contribution in [0, 0.1) is 0 Å². The summed E-state index contributed by atoms with van der Waals surface area (Å²) in [6.07, 6.45) is 2.04. The molecule has 1 saturated heterocycles. The zero-order valence-corrected chi connectivity index (χ0v) is 10.00. The van der Waals surface area contributed by atoms with Crippen LogP contribution >= 0.6 is 0 Å². The SMILES string of the molecule is C/C(=C\c1ccccc1)CN1CCC(F)(F)C1. The first kappa shape index (κ1) is 12.2. The van der Waals surface area contributed by atoms with Gasteiger partial charge in [-0.1, -0.05) is 42.0 Å². The number of nitrogens with zero attached hydrogens (tertiary/aromatic N) is 1. The van der Waals surface area contributed by atoms with Crippen molar-refractivity contribution in [2.24, 2.45) is 0 Å². The highest BCUT2D eigenvalue weighted by Crippen LogP contribution is 2.27. The van der Waals surface area contributed by atoms with Crippen LogP contribution in [-0.4, -0.2) is 30.5 Å². The molecule has 0 aromatic heterocycles. The van der Waals surface area contributed by atoms with Crippen LogP contribution < -0.4 is 0 Å². The molecule has 0 amide bonds. The molecule has 1 fully saturated rings. The second kappa shape index (κ2) is 4.96. The van der Waals surface area contributed by atoms with Gasteiger partial charge >= 0.3 is 0 Å². The Morgan fingerprint density at radius 3 is 2.65 bits per heavy atom. The monoisotopic (exact) mass is 237 g/mol. The van der Waals surface area contributed by atoms with E-state index >= 15 is 0 Å². The van der Waals surface area contributed by atoms with E-state index in [9.17, 15) is 8.78 Å². The summed E-state index contributed by atoms with van der Waals surface area (Å²) in [4.78, 5) is 1.81. The van der Waals surface area contributed by atoms with Gasteiger partial charge in [0, 0.05) is 19.5 Å². The Morgan fingerprint density at radius 1 is 1.35 bits per heavy atom. The molecule has 92 valence electrons. The van der Waals surface area contributed by atoms with Crippen molar-refractivity contribution in [3.05, 3.63) is 41.5 Å². The number of benzene rings is 1. The summed E-state index contributed by atoms with van der Waals surface area (Å²) in [6.45, 7) is 3.01.